The number of anilines is 1. The monoisotopic (exact) mass is 422 g/mol. The van der Waals surface area contributed by atoms with Crippen LogP contribution in [0.15, 0.2) is 48.5 Å². The lowest BCUT2D eigenvalue weighted by molar-refractivity contribution is -0.128. The van der Waals surface area contributed by atoms with Crippen molar-refractivity contribution in [3.05, 3.63) is 59.9 Å². The Morgan fingerprint density at radius 3 is 2.31 bits per heavy atom. The van der Waals surface area contributed by atoms with Crippen LogP contribution < -0.4 is 14.4 Å². The van der Waals surface area contributed by atoms with E-state index in [2.05, 4.69) is 5.32 Å². The zero-order chi connectivity index (χ0) is 21.4. The third kappa shape index (κ3) is 7.05. The van der Waals surface area contributed by atoms with Gasteiger partial charge in [0.1, 0.15) is 11.6 Å². The summed E-state index contributed by atoms with van der Waals surface area (Å²) in [5.41, 5.74) is 1.53. The van der Waals surface area contributed by atoms with Gasteiger partial charge in [0.15, 0.2) is 6.10 Å². The van der Waals surface area contributed by atoms with Crippen LogP contribution in [-0.2, 0) is 21.2 Å². The van der Waals surface area contributed by atoms with Crippen molar-refractivity contribution < 1.29 is 22.3 Å². The molecule has 158 valence electrons. The Labute approximate surface area is 171 Å². The predicted molar refractivity (Wildman–Crippen MR) is 112 cm³/mol. The van der Waals surface area contributed by atoms with Crippen molar-refractivity contribution in [2.75, 3.05) is 24.2 Å². The summed E-state index contributed by atoms with van der Waals surface area (Å²) in [6, 6.07) is 12.9. The van der Waals surface area contributed by atoms with Gasteiger partial charge in [-0.1, -0.05) is 19.1 Å². The molecule has 0 bridgehead atoms. The summed E-state index contributed by atoms with van der Waals surface area (Å²) in [6.45, 7) is 2.35. The zero-order valence-electron chi connectivity index (χ0n) is 16.9. The molecule has 0 radical (unpaired) electrons. The molecule has 0 aromatic heterocycles. The first-order valence-electron chi connectivity index (χ1n) is 9.43. The molecule has 2 aromatic carbocycles. The van der Waals surface area contributed by atoms with Gasteiger partial charge in [-0.05, 0) is 61.2 Å². The average Bonchev–Trinajstić information content (AvgIpc) is 2.69. The van der Waals surface area contributed by atoms with Crippen LogP contribution in [0.25, 0.3) is 0 Å². The molecule has 2 rings (SSSR count). The van der Waals surface area contributed by atoms with E-state index in [1.807, 2.05) is 6.92 Å². The summed E-state index contributed by atoms with van der Waals surface area (Å²) in [6.07, 6.45) is 2.47. The van der Waals surface area contributed by atoms with Crippen molar-refractivity contribution in [1.82, 2.24) is 5.32 Å². The minimum Gasteiger partial charge on any atom is -0.481 e. The molecule has 0 saturated carbocycles. The molecular formula is C21H27FN2O4S. The van der Waals surface area contributed by atoms with Crippen molar-refractivity contribution >= 4 is 21.6 Å². The standard InChI is InChI=1S/C21H27FN2O4S/c1-4-20(21(25)23-15-5-6-16-7-9-17(22)10-8-16)28-19-13-11-18(12-14-19)24(2)29(3,26)27/h7-14,20H,4-6,15H2,1-3H3,(H,23,25). The number of sulfonamides is 1. The van der Waals surface area contributed by atoms with Crippen molar-refractivity contribution in [3.63, 3.8) is 0 Å². The van der Waals surface area contributed by atoms with Crippen molar-refractivity contribution in [2.45, 2.75) is 32.3 Å². The average molecular weight is 423 g/mol. The number of nitrogens with zero attached hydrogens (tertiary/aromatic N) is 1. The SMILES string of the molecule is CCC(Oc1ccc(N(C)S(C)(=O)=O)cc1)C(=O)NCCCc1ccc(F)cc1. The molecule has 0 aliphatic heterocycles. The van der Waals surface area contributed by atoms with Gasteiger partial charge in [0.05, 0.1) is 11.9 Å². The maximum Gasteiger partial charge on any atom is 0.261 e. The van der Waals surface area contributed by atoms with Crippen molar-refractivity contribution in [1.29, 1.82) is 0 Å². The summed E-state index contributed by atoms with van der Waals surface area (Å²) in [5, 5.41) is 2.86. The van der Waals surface area contributed by atoms with E-state index < -0.39 is 16.1 Å². The highest BCUT2D eigenvalue weighted by Crippen LogP contribution is 2.21. The molecule has 1 amide bonds. The number of hydrogen-bond acceptors (Lipinski definition) is 4. The fourth-order valence-corrected chi connectivity index (χ4v) is 3.19. The van der Waals surface area contributed by atoms with Crippen LogP contribution in [0.5, 0.6) is 5.75 Å². The molecule has 1 unspecified atom stereocenters. The Bertz CT molecular complexity index is 899. The summed E-state index contributed by atoms with van der Waals surface area (Å²) >= 11 is 0. The lowest BCUT2D eigenvalue weighted by Crippen LogP contribution is -2.38. The topological polar surface area (TPSA) is 75.7 Å². The van der Waals surface area contributed by atoms with Gasteiger partial charge in [-0.2, -0.15) is 0 Å². The Kier molecular flexibility index (Phi) is 8.01. The predicted octanol–water partition coefficient (Wildman–Crippen LogP) is 3.13. The van der Waals surface area contributed by atoms with Gasteiger partial charge in [-0.25, -0.2) is 12.8 Å². The molecule has 0 spiro atoms. The first-order valence-corrected chi connectivity index (χ1v) is 11.3. The molecule has 0 saturated heterocycles. The minimum atomic E-state index is -3.34. The van der Waals surface area contributed by atoms with E-state index in [-0.39, 0.29) is 11.7 Å². The van der Waals surface area contributed by atoms with Crippen LogP contribution >= 0.6 is 0 Å². The molecule has 1 atom stereocenters. The van der Waals surface area contributed by atoms with Gasteiger partial charge < -0.3 is 10.1 Å². The molecule has 6 nitrogen and oxygen atoms in total. The van der Waals surface area contributed by atoms with Crippen LogP contribution in [0.4, 0.5) is 10.1 Å². The number of rotatable bonds is 10. The minimum absolute atomic E-state index is 0.205. The molecule has 0 aliphatic carbocycles. The Balaban J connectivity index is 1.83. The van der Waals surface area contributed by atoms with Gasteiger partial charge in [0, 0.05) is 13.6 Å². The van der Waals surface area contributed by atoms with E-state index in [4.69, 9.17) is 4.74 Å². The quantitative estimate of drug-likeness (QED) is 0.597. The second-order valence-electron chi connectivity index (χ2n) is 6.76. The van der Waals surface area contributed by atoms with Crippen LogP contribution in [0, 0.1) is 5.82 Å². The van der Waals surface area contributed by atoms with Crippen molar-refractivity contribution in [2.24, 2.45) is 0 Å². The number of halogens is 1. The van der Waals surface area contributed by atoms with E-state index in [0.717, 1.165) is 24.7 Å². The number of nitrogens with one attached hydrogen (secondary N) is 1. The number of amides is 1. The van der Waals surface area contributed by atoms with Crippen LogP contribution in [0.2, 0.25) is 0 Å². The summed E-state index contributed by atoms with van der Waals surface area (Å²) in [4.78, 5) is 12.4. The highest BCUT2D eigenvalue weighted by atomic mass is 32.2. The second-order valence-corrected chi connectivity index (χ2v) is 8.77. The molecule has 2 aromatic rings. The van der Waals surface area contributed by atoms with E-state index in [9.17, 15) is 17.6 Å². The van der Waals surface area contributed by atoms with E-state index >= 15 is 0 Å². The van der Waals surface area contributed by atoms with Gasteiger partial charge >= 0.3 is 0 Å². The number of benzene rings is 2. The van der Waals surface area contributed by atoms with Gasteiger partial charge in [-0.15, -0.1) is 0 Å². The molecule has 1 N–H and O–H groups in total. The van der Waals surface area contributed by atoms with Gasteiger partial charge in [0.2, 0.25) is 10.0 Å². The largest absolute Gasteiger partial charge is 0.481 e. The normalized spacial score (nSPS) is 12.3. The molecular weight excluding hydrogens is 395 g/mol. The first-order chi connectivity index (χ1) is 13.7. The fraction of sp³-hybridized carbons (Fsp3) is 0.381. The Morgan fingerprint density at radius 2 is 1.76 bits per heavy atom. The van der Waals surface area contributed by atoms with E-state index in [1.165, 1.54) is 23.5 Å². The lowest BCUT2D eigenvalue weighted by Gasteiger charge is -2.19. The lowest BCUT2D eigenvalue weighted by atomic mass is 10.1. The number of carbonyl (C=O) groups excluding carboxylic acids is 1. The smallest absolute Gasteiger partial charge is 0.261 e. The summed E-state index contributed by atoms with van der Waals surface area (Å²) in [5.74, 6) is 0.0221. The van der Waals surface area contributed by atoms with Crippen LogP contribution in [0.1, 0.15) is 25.3 Å². The number of carbonyl (C=O) groups is 1. The van der Waals surface area contributed by atoms with Gasteiger partial charge in [0.25, 0.3) is 5.91 Å². The highest BCUT2D eigenvalue weighted by molar-refractivity contribution is 7.92. The molecule has 8 heteroatoms. The number of ether oxygens (including phenoxy) is 1. The maximum atomic E-state index is 12.9. The zero-order valence-corrected chi connectivity index (χ0v) is 17.7. The van der Waals surface area contributed by atoms with Crippen molar-refractivity contribution in [3.8, 4) is 5.75 Å². The third-order valence-electron chi connectivity index (χ3n) is 4.49. The van der Waals surface area contributed by atoms with E-state index in [1.54, 1.807) is 36.4 Å². The van der Waals surface area contributed by atoms with Crippen LogP contribution in [-0.4, -0.2) is 40.3 Å². The molecule has 0 aliphatic rings. The summed E-state index contributed by atoms with van der Waals surface area (Å²) in [7, 11) is -1.86. The highest BCUT2D eigenvalue weighted by Gasteiger charge is 2.18. The molecule has 0 fully saturated rings. The maximum absolute atomic E-state index is 12.9. The summed E-state index contributed by atoms with van der Waals surface area (Å²) < 4.78 is 43.0. The number of hydrogen-bond donors (Lipinski definition) is 1. The first kappa shape index (κ1) is 22.7. The Morgan fingerprint density at radius 1 is 1.14 bits per heavy atom. The van der Waals surface area contributed by atoms with E-state index in [0.29, 0.717) is 24.4 Å². The fourth-order valence-electron chi connectivity index (χ4n) is 2.68. The second kappa shape index (κ2) is 10.2. The third-order valence-corrected chi connectivity index (χ3v) is 5.70. The van der Waals surface area contributed by atoms with Crippen LogP contribution in [0.3, 0.4) is 0 Å². The Hall–Kier alpha value is -2.61. The van der Waals surface area contributed by atoms with Gasteiger partial charge in [-0.3, -0.25) is 9.10 Å². The molecule has 29 heavy (non-hydrogen) atoms. The number of aryl methyl sites for hydroxylation is 1. The molecule has 0 heterocycles.